The standard InChI is InChI=1S/C18H21N5O/c19-8-4-9-20-18(24)15-11-16-17(21-12-15)23(13-22-16)10-7-14-5-2-1-3-6-14/h1-3,5-6,11-13H,4,7-10,19H2,(H,20,24). The summed E-state index contributed by atoms with van der Waals surface area (Å²) in [4.78, 5) is 20.8. The fourth-order valence-corrected chi connectivity index (χ4v) is 2.54. The predicted octanol–water partition coefficient (Wildman–Crippen LogP) is 1.75. The Morgan fingerprint density at radius 1 is 1.21 bits per heavy atom. The van der Waals surface area contributed by atoms with E-state index in [9.17, 15) is 4.79 Å². The summed E-state index contributed by atoms with van der Waals surface area (Å²) >= 11 is 0. The van der Waals surface area contributed by atoms with Crippen LogP contribution in [0.2, 0.25) is 0 Å². The minimum atomic E-state index is -0.142. The third kappa shape index (κ3) is 3.78. The molecule has 0 atom stereocenters. The van der Waals surface area contributed by atoms with Crippen LogP contribution in [0.5, 0.6) is 0 Å². The number of benzene rings is 1. The average molecular weight is 323 g/mol. The number of amides is 1. The van der Waals surface area contributed by atoms with E-state index in [0.29, 0.717) is 18.7 Å². The Kier molecular flexibility index (Phi) is 5.18. The van der Waals surface area contributed by atoms with E-state index < -0.39 is 0 Å². The molecule has 0 bridgehead atoms. The van der Waals surface area contributed by atoms with Gasteiger partial charge in [0, 0.05) is 19.3 Å². The second kappa shape index (κ2) is 7.70. The van der Waals surface area contributed by atoms with Crippen LogP contribution >= 0.6 is 0 Å². The van der Waals surface area contributed by atoms with Gasteiger partial charge in [-0.3, -0.25) is 4.79 Å². The molecule has 3 N–H and O–H groups in total. The van der Waals surface area contributed by atoms with E-state index in [-0.39, 0.29) is 5.91 Å². The number of carbonyl (C=O) groups is 1. The zero-order valence-corrected chi connectivity index (χ0v) is 13.5. The average Bonchev–Trinajstić information content (AvgIpc) is 3.03. The van der Waals surface area contributed by atoms with Gasteiger partial charge >= 0.3 is 0 Å². The normalized spacial score (nSPS) is 10.9. The Morgan fingerprint density at radius 2 is 2.04 bits per heavy atom. The van der Waals surface area contributed by atoms with E-state index in [1.807, 2.05) is 22.8 Å². The summed E-state index contributed by atoms with van der Waals surface area (Å²) < 4.78 is 2.01. The third-order valence-electron chi connectivity index (χ3n) is 3.87. The van der Waals surface area contributed by atoms with Crippen LogP contribution in [0.1, 0.15) is 22.3 Å². The van der Waals surface area contributed by atoms with Crippen LogP contribution < -0.4 is 11.1 Å². The number of rotatable bonds is 7. The van der Waals surface area contributed by atoms with E-state index in [4.69, 9.17) is 5.73 Å². The maximum absolute atomic E-state index is 12.1. The molecule has 0 aliphatic rings. The number of imidazole rings is 1. The highest BCUT2D eigenvalue weighted by atomic mass is 16.1. The summed E-state index contributed by atoms with van der Waals surface area (Å²) in [6, 6.07) is 12.1. The summed E-state index contributed by atoms with van der Waals surface area (Å²) in [5, 5.41) is 2.82. The van der Waals surface area contributed by atoms with Gasteiger partial charge in [-0.2, -0.15) is 0 Å². The van der Waals surface area contributed by atoms with Crippen LogP contribution in [0.3, 0.4) is 0 Å². The quantitative estimate of drug-likeness (QED) is 0.649. The largest absolute Gasteiger partial charge is 0.352 e. The lowest BCUT2D eigenvalue weighted by Crippen LogP contribution is -2.26. The molecule has 2 aromatic heterocycles. The van der Waals surface area contributed by atoms with Crippen molar-refractivity contribution in [1.29, 1.82) is 0 Å². The molecule has 24 heavy (non-hydrogen) atoms. The zero-order chi connectivity index (χ0) is 16.8. The molecule has 0 aliphatic carbocycles. The first-order valence-corrected chi connectivity index (χ1v) is 8.11. The fraction of sp³-hybridized carbons (Fsp3) is 0.278. The molecular weight excluding hydrogens is 302 g/mol. The van der Waals surface area contributed by atoms with E-state index in [1.54, 1.807) is 18.6 Å². The van der Waals surface area contributed by atoms with Gasteiger partial charge in [-0.25, -0.2) is 9.97 Å². The lowest BCUT2D eigenvalue weighted by Gasteiger charge is -2.05. The van der Waals surface area contributed by atoms with Crippen molar-refractivity contribution in [1.82, 2.24) is 19.9 Å². The number of nitrogens with one attached hydrogen (secondary N) is 1. The highest BCUT2D eigenvalue weighted by Gasteiger charge is 2.10. The number of fused-ring (bicyclic) bond motifs is 1. The number of carbonyl (C=O) groups excluding carboxylic acids is 1. The van der Waals surface area contributed by atoms with Gasteiger partial charge in [0.05, 0.1) is 11.9 Å². The molecule has 0 unspecified atom stereocenters. The number of hydrogen-bond donors (Lipinski definition) is 2. The van der Waals surface area contributed by atoms with E-state index >= 15 is 0 Å². The maximum atomic E-state index is 12.1. The molecule has 0 spiro atoms. The first-order valence-electron chi connectivity index (χ1n) is 8.11. The van der Waals surface area contributed by atoms with Crippen molar-refractivity contribution in [2.45, 2.75) is 19.4 Å². The lowest BCUT2D eigenvalue weighted by atomic mass is 10.1. The van der Waals surface area contributed by atoms with Crippen molar-refractivity contribution in [3.63, 3.8) is 0 Å². The Hall–Kier alpha value is -2.73. The molecule has 6 nitrogen and oxygen atoms in total. The van der Waals surface area contributed by atoms with Crippen molar-refractivity contribution in [2.75, 3.05) is 13.1 Å². The summed E-state index contributed by atoms with van der Waals surface area (Å²) in [6.07, 6.45) is 5.04. The minimum Gasteiger partial charge on any atom is -0.352 e. The molecule has 0 radical (unpaired) electrons. The molecule has 6 heteroatoms. The van der Waals surface area contributed by atoms with Crippen molar-refractivity contribution in [2.24, 2.45) is 5.73 Å². The van der Waals surface area contributed by atoms with Gasteiger partial charge in [0.2, 0.25) is 0 Å². The number of nitrogens with zero attached hydrogens (tertiary/aromatic N) is 3. The van der Waals surface area contributed by atoms with Gasteiger partial charge < -0.3 is 15.6 Å². The van der Waals surface area contributed by atoms with Crippen LogP contribution in [0.15, 0.2) is 48.9 Å². The van der Waals surface area contributed by atoms with Crippen LogP contribution in [-0.2, 0) is 13.0 Å². The molecule has 2 heterocycles. The van der Waals surface area contributed by atoms with Gasteiger partial charge in [-0.05, 0) is 31.0 Å². The second-order valence-corrected chi connectivity index (χ2v) is 5.64. The lowest BCUT2D eigenvalue weighted by molar-refractivity contribution is 0.0953. The predicted molar refractivity (Wildman–Crippen MR) is 93.7 cm³/mol. The molecule has 1 aromatic carbocycles. The molecular formula is C18H21N5O. The van der Waals surface area contributed by atoms with Crippen molar-refractivity contribution >= 4 is 17.1 Å². The summed E-state index contributed by atoms with van der Waals surface area (Å²) in [5.41, 5.74) is 8.75. The Bertz CT molecular complexity index is 813. The number of aromatic nitrogens is 3. The van der Waals surface area contributed by atoms with Crippen molar-refractivity contribution < 1.29 is 4.79 Å². The third-order valence-corrected chi connectivity index (χ3v) is 3.87. The number of pyridine rings is 1. The first-order chi connectivity index (χ1) is 11.8. The van der Waals surface area contributed by atoms with E-state index in [0.717, 1.165) is 30.6 Å². The number of hydrogen-bond acceptors (Lipinski definition) is 4. The van der Waals surface area contributed by atoms with Crippen LogP contribution in [-0.4, -0.2) is 33.5 Å². The number of aryl methyl sites for hydroxylation is 2. The molecule has 3 aromatic rings. The smallest absolute Gasteiger partial charge is 0.252 e. The van der Waals surface area contributed by atoms with Gasteiger partial charge in [0.25, 0.3) is 5.91 Å². The van der Waals surface area contributed by atoms with Gasteiger partial charge in [0.1, 0.15) is 5.52 Å². The SMILES string of the molecule is NCCCNC(=O)c1cnc2c(c1)ncn2CCc1ccccc1. The summed E-state index contributed by atoms with van der Waals surface area (Å²) in [7, 11) is 0. The zero-order valence-electron chi connectivity index (χ0n) is 13.5. The second-order valence-electron chi connectivity index (χ2n) is 5.64. The van der Waals surface area contributed by atoms with Gasteiger partial charge in [0.15, 0.2) is 5.65 Å². The topological polar surface area (TPSA) is 85.8 Å². The molecule has 0 aliphatic heterocycles. The Labute approximate surface area is 140 Å². The molecule has 1 amide bonds. The molecule has 0 fully saturated rings. The Morgan fingerprint density at radius 3 is 2.83 bits per heavy atom. The van der Waals surface area contributed by atoms with E-state index in [1.165, 1.54) is 5.56 Å². The van der Waals surface area contributed by atoms with Crippen molar-refractivity contribution in [3.05, 3.63) is 60.0 Å². The highest BCUT2D eigenvalue weighted by molar-refractivity contribution is 5.96. The summed E-state index contributed by atoms with van der Waals surface area (Å²) in [6.45, 7) is 1.93. The molecule has 124 valence electrons. The summed E-state index contributed by atoms with van der Waals surface area (Å²) in [5.74, 6) is -0.142. The number of nitrogens with two attached hydrogens (primary N) is 1. The van der Waals surface area contributed by atoms with Crippen molar-refractivity contribution in [3.8, 4) is 0 Å². The molecule has 0 saturated heterocycles. The Balaban J connectivity index is 1.70. The molecule has 0 saturated carbocycles. The highest BCUT2D eigenvalue weighted by Crippen LogP contribution is 2.13. The van der Waals surface area contributed by atoms with Crippen LogP contribution in [0.25, 0.3) is 11.2 Å². The monoisotopic (exact) mass is 323 g/mol. The fourth-order valence-electron chi connectivity index (χ4n) is 2.54. The maximum Gasteiger partial charge on any atom is 0.252 e. The minimum absolute atomic E-state index is 0.142. The molecule has 3 rings (SSSR count). The van der Waals surface area contributed by atoms with E-state index in [2.05, 4.69) is 27.4 Å². The first kappa shape index (κ1) is 16.1. The van der Waals surface area contributed by atoms with Gasteiger partial charge in [-0.1, -0.05) is 30.3 Å². The van der Waals surface area contributed by atoms with Crippen LogP contribution in [0.4, 0.5) is 0 Å². The van der Waals surface area contributed by atoms with Gasteiger partial charge in [-0.15, -0.1) is 0 Å². The van der Waals surface area contributed by atoms with Crippen LogP contribution in [0, 0.1) is 0 Å².